The highest BCUT2D eigenvalue weighted by atomic mass is 16.2. The minimum absolute atomic E-state index is 0.0671. The van der Waals surface area contributed by atoms with Crippen LogP contribution in [0.15, 0.2) is 24.3 Å². The molecule has 1 aromatic carbocycles. The Morgan fingerprint density at radius 2 is 1.81 bits per heavy atom. The Hall–Kier alpha value is -1.35. The van der Waals surface area contributed by atoms with Crippen LogP contribution in [0.2, 0.25) is 0 Å². The summed E-state index contributed by atoms with van der Waals surface area (Å²) in [6, 6.07) is 8.53. The quantitative estimate of drug-likeness (QED) is 0.925. The molecule has 2 fully saturated rings. The first-order valence-electron chi connectivity index (χ1n) is 8.23. The van der Waals surface area contributed by atoms with E-state index in [1.807, 2.05) is 0 Å². The molecule has 3 rings (SSSR count). The summed E-state index contributed by atoms with van der Waals surface area (Å²) in [4.78, 5) is 14.3. The number of nitrogens with one attached hydrogen (secondary N) is 1. The largest absolute Gasteiger partial charge is 0.322 e. The lowest BCUT2D eigenvalue weighted by Crippen LogP contribution is -2.35. The average Bonchev–Trinajstić information content (AvgIpc) is 2.84. The number of carbonyl (C=O) groups excluding carboxylic acids is 1. The van der Waals surface area contributed by atoms with Gasteiger partial charge in [0.2, 0.25) is 5.91 Å². The molecule has 0 radical (unpaired) electrons. The molecule has 1 N–H and O–H groups in total. The lowest BCUT2D eigenvalue weighted by atomic mass is 9.82. The van der Waals surface area contributed by atoms with E-state index in [0.717, 1.165) is 12.5 Å². The van der Waals surface area contributed by atoms with Gasteiger partial charge in [-0.15, -0.1) is 0 Å². The molecular weight excluding hydrogens is 260 g/mol. The maximum Gasteiger partial charge on any atom is 0.238 e. The zero-order valence-electron chi connectivity index (χ0n) is 13.1. The molecule has 0 spiro atoms. The summed E-state index contributed by atoms with van der Waals surface area (Å²) in [5, 5.41) is 3.37. The number of nitrogens with zero attached hydrogens (tertiary/aromatic N) is 1. The third-order valence-corrected chi connectivity index (χ3v) is 5.06. The van der Waals surface area contributed by atoms with Gasteiger partial charge in [0.1, 0.15) is 6.17 Å². The molecular formula is C18H26N2O. The van der Waals surface area contributed by atoms with Gasteiger partial charge in [-0.05, 0) is 37.2 Å². The predicted octanol–water partition coefficient (Wildman–Crippen LogP) is 3.25. The SMILES string of the molecule is Cc1ccc(C2NCC(=O)N2CC2CCC(C)CC2)cc1. The monoisotopic (exact) mass is 286 g/mol. The number of carbonyl (C=O) groups is 1. The zero-order valence-corrected chi connectivity index (χ0v) is 13.1. The third kappa shape index (κ3) is 3.29. The first-order chi connectivity index (χ1) is 10.1. The van der Waals surface area contributed by atoms with E-state index in [-0.39, 0.29) is 12.1 Å². The number of hydrogen-bond acceptors (Lipinski definition) is 2. The van der Waals surface area contributed by atoms with Crippen molar-refractivity contribution in [1.82, 2.24) is 10.2 Å². The Labute approximate surface area is 127 Å². The minimum atomic E-state index is 0.0671. The van der Waals surface area contributed by atoms with Gasteiger partial charge in [-0.2, -0.15) is 0 Å². The topological polar surface area (TPSA) is 32.3 Å². The average molecular weight is 286 g/mol. The van der Waals surface area contributed by atoms with Crippen molar-refractivity contribution in [2.45, 2.75) is 45.7 Å². The van der Waals surface area contributed by atoms with E-state index in [9.17, 15) is 4.79 Å². The molecule has 1 saturated heterocycles. The summed E-state index contributed by atoms with van der Waals surface area (Å²) in [6.07, 6.45) is 5.24. The first-order valence-corrected chi connectivity index (χ1v) is 8.23. The first kappa shape index (κ1) is 14.6. The molecule has 21 heavy (non-hydrogen) atoms. The van der Waals surface area contributed by atoms with Crippen LogP contribution in [-0.2, 0) is 4.79 Å². The van der Waals surface area contributed by atoms with Crippen LogP contribution in [0.3, 0.4) is 0 Å². The Balaban J connectivity index is 1.69. The van der Waals surface area contributed by atoms with Crippen LogP contribution in [0.4, 0.5) is 0 Å². The van der Waals surface area contributed by atoms with E-state index in [4.69, 9.17) is 0 Å². The molecule has 1 unspecified atom stereocenters. The van der Waals surface area contributed by atoms with Crippen molar-refractivity contribution in [2.75, 3.05) is 13.1 Å². The van der Waals surface area contributed by atoms with Crippen molar-refractivity contribution in [3.8, 4) is 0 Å². The maximum atomic E-state index is 12.2. The lowest BCUT2D eigenvalue weighted by molar-refractivity contribution is -0.128. The summed E-state index contributed by atoms with van der Waals surface area (Å²) in [6.45, 7) is 5.82. The Morgan fingerprint density at radius 3 is 2.48 bits per heavy atom. The smallest absolute Gasteiger partial charge is 0.238 e. The molecule has 1 saturated carbocycles. The Kier molecular flexibility index (Phi) is 4.29. The van der Waals surface area contributed by atoms with E-state index >= 15 is 0 Å². The Bertz CT molecular complexity index is 488. The van der Waals surface area contributed by atoms with Gasteiger partial charge in [0, 0.05) is 6.54 Å². The molecule has 2 aliphatic rings. The van der Waals surface area contributed by atoms with Crippen molar-refractivity contribution in [3.63, 3.8) is 0 Å². The highest BCUT2D eigenvalue weighted by molar-refractivity contribution is 5.81. The Morgan fingerprint density at radius 1 is 1.14 bits per heavy atom. The van der Waals surface area contributed by atoms with Crippen molar-refractivity contribution in [3.05, 3.63) is 35.4 Å². The van der Waals surface area contributed by atoms with Crippen molar-refractivity contribution in [1.29, 1.82) is 0 Å². The number of amides is 1. The van der Waals surface area contributed by atoms with Gasteiger partial charge in [0.25, 0.3) is 0 Å². The van der Waals surface area contributed by atoms with E-state index in [1.165, 1.54) is 36.8 Å². The fraction of sp³-hybridized carbons (Fsp3) is 0.611. The van der Waals surface area contributed by atoms with Gasteiger partial charge in [0.15, 0.2) is 0 Å². The van der Waals surface area contributed by atoms with Crippen LogP contribution in [0.5, 0.6) is 0 Å². The van der Waals surface area contributed by atoms with Gasteiger partial charge in [-0.1, -0.05) is 49.6 Å². The predicted molar refractivity (Wildman–Crippen MR) is 84.8 cm³/mol. The van der Waals surface area contributed by atoms with Crippen LogP contribution in [0.1, 0.15) is 49.9 Å². The maximum absolute atomic E-state index is 12.2. The van der Waals surface area contributed by atoms with Crippen LogP contribution in [-0.4, -0.2) is 23.9 Å². The van der Waals surface area contributed by atoms with E-state index in [0.29, 0.717) is 12.5 Å². The highest BCUT2D eigenvalue weighted by Gasteiger charge is 2.33. The molecule has 3 nitrogen and oxygen atoms in total. The second-order valence-corrected chi connectivity index (χ2v) is 6.87. The molecule has 1 atom stereocenters. The molecule has 1 amide bonds. The molecule has 0 bridgehead atoms. The van der Waals surface area contributed by atoms with Gasteiger partial charge in [-0.3, -0.25) is 10.1 Å². The molecule has 1 aliphatic carbocycles. The fourth-order valence-electron chi connectivity index (χ4n) is 3.58. The molecule has 0 aromatic heterocycles. The van der Waals surface area contributed by atoms with E-state index in [1.54, 1.807) is 0 Å². The van der Waals surface area contributed by atoms with E-state index in [2.05, 4.69) is 48.3 Å². The van der Waals surface area contributed by atoms with Gasteiger partial charge < -0.3 is 4.90 Å². The molecule has 114 valence electrons. The summed E-state index contributed by atoms with van der Waals surface area (Å²) in [5.41, 5.74) is 2.46. The minimum Gasteiger partial charge on any atom is -0.322 e. The fourth-order valence-corrected chi connectivity index (χ4v) is 3.58. The van der Waals surface area contributed by atoms with Crippen molar-refractivity contribution < 1.29 is 4.79 Å². The molecule has 3 heteroatoms. The van der Waals surface area contributed by atoms with Crippen LogP contribution < -0.4 is 5.32 Å². The second kappa shape index (κ2) is 6.18. The highest BCUT2D eigenvalue weighted by Crippen LogP contribution is 2.31. The van der Waals surface area contributed by atoms with Gasteiger partial charge in [-0.25, -0.2) is 0 Å². The summed E-state index contributed by atoms with van der Waals surface area (Å²) in [7, 11) is 0. The van der Waals surface area contributed by atoms with Crippen molar-refractivity contribution in [2.24, 2.45) is 11.8 Å². The summed E-state index contributed by atoms with van der Waals surface area (Å²) < 4.78 is 0. The molecule has 1 heterocycles. The van der Waals surface area contributed by atoms with Crippen molar-refractivity contribution >= 4 is 5.91 Å². The van der Waals surface area contributed by atoms with Crippen LogP contribution in [0.25, 0.3) is 0 Å². The molecule has 1 aliphatic heterocycles. The van der Waals surface area contributed by atoms with Gasteiger partial charge >= 0.3 is 0 Å². The van der Waals surface area contributed by atoms with E-state index < -0.39 is 0 Å². The molecule has 1 aromatic rings. The number of hydrogen-bond donors (Lipinski definition) is 1. The zero-order chi connectivity index (χ0) is 14.8. The summed E-state index contributed by atoms with van der Waals surface area (Å²) >= 11 is 0. The summed E-state index contributed by atoms with van der Waals surface area (Å²) in [5.74, 6) is 1.79. The number of rotatable bonds is 3. The second-order valence-electron chi connectivity index (χ2n) is 6.87. The van der Waals surface area contributed by atoms with Gasteiger partial charge in [0.05, 0.1) is 6.54 Å². The normalized spacial score (nSPS) is 29.9. The van der Waals surface area contributed by atoms with Crippen LogP contribution in [0, 0.1) is 18.8 Å². The van der Waals surface area contributed by atoms with Crippen LogP contribution >= 0.6 is 0 Å². The number of aryl methyl sites for hydroxylation is 1. The third-order valence-electron chi connectivity index (χ3n) is 5.06. The standard InChI is InChI=1S/C18H26N2O/c1-13-3-7-15(8-4-13)12-20-17(21)11-19-18(20)16-9-5-14(2)6-10-16/h5-6,9-10,13,15,18-19H,3-4,7-8,11-12H2,1-2H3. The number of benzene rings is 1. The lowest BCUT2D eigenvalue weighted by Gasteiger charge is -2.32.